The normalized spacial score (nSPS) is 12.5. The fraction of sp³-hybridized carbons (Fsp3) is 0.565. The third kappa shape index (κ3) is 5.25. The summed E-state index contributed by atoms with van der Waals surface area (Å²) in [7, 11) is 2.21. The quantitative estimate of drug-likeness (QED) is 0.471. The lowest BCUT2D eigenvalue weighted by atomic mass is 10.0. The van der Waals surface area contributed by atoms with Crippen LogP contribution in [0.3, 0.4) is 0 Å². The number of nitrogens with two attached hydrogens (primary N) is 1. The topological polar surface area (TPSA) is 82.9 Å². The number of nitrogens with zero attached hydrogens (tertiary/aromatic N) is 3. The number of nitrogen functional groups attached to an aromatic ring is 1. The Kier molecular flexibility index (Phi) is 6.75. The van der Waals surface area contributed by atoms with E-state index in [0.717, 1.165) is 47.3 Å². The summed E-state index contributed by atoms with van der Waals surface area (Å²) in [6.07, 6.45) is 4.75. The zero-order chi connectivity index (χ0) is 21.0. The van der Waals surface area contributed by atoms with Crippen molar-refractivity contribution in [3.63, 3.8) is 0 Å². The summed E-state index contributed by atoms with van der Waals surface area (Å²) >= 11 is 0. The van der Waals surface area contributed by atoms with Crippen molar-refractivity contribution in [3.05, 3.63) is 29.6 Å². The third-order valence-corrected chi connectivity index (χ3v) is 5.71. The maximum atomic E-state index is 6.16. The smallest absolute Gasteiger partial charge is 0.150 e. The van der Waals surface area contributed by atoms with Crippen LogP contribution < -0.4 is 11.1 Å². The van der Waals surface area contributed by atoms with Crippen LogP contribution in [-0.4, -0.2) is 45.5 Å². The van der Waals surface area contributed by atoms with Gasteiger partial charge >= 0.3 is 0 Å². The zero-order valence-electron chi connectivity index (χ0n) is 18.6. The van der Waals surface area contributed by atoms with Crippen molar-refractivity contribution in [2.24, 2.45) is 0 Å². The number of nitrogens with one attached hydrogen (secondary N) is 2. The lowest BCUT2D eigenvalue weighted by Crippen LogP contribution is -2.38. The number of hydrogen-bond donors (Lipinski definition) is 3. The Morgan fingerprint density at radius 3 is 2.66 bits per heavy atom. The van der Waals surface area contributed by atoms with E-state index >= 15 is 0 Å². The molecule has 0 amide bonds. The fourth-order valence-electron chi connectivity index (χ4n) is 3.53. The first-order valence-electron chi connectivity index (χ1n) is 10.8. The molecule has 0 bridgehead atoms. The standard InChI is InChI=1S/C23H36N6/c1-6-25-15-19-27-20-17-14-16(10-8-7-9-13-29(5)23(2,3)4)11-12-18(17)26-22(24)21(20)28-19/h11-12,14,25H,6-10,13,15H2,1-5H3,(H2,24,26)(H,27,28). The van der Waals surface area contributed by atoms with Crippen LogP contribution in [-0.2, 0) is 13.0 Å². The molecule has 3 rings (SSSR count). The summed E-state index contributed by atoms with van der Waals surface area (Å²) in [6, 6.07) is 6.49. The van der Waals surface area contributed by atoms with Crippen molar-refractivity contribution in [2.45, 2.75) is 65.5 Å². The molecule has 0 aliphatic heterocycles. The number of aryl methyl sites for hydroxylation is 1. The summed E-state index contributed by atoms with van der Waals surface area (Å²) in [4.78, 5) is 15.1. The van der Waals surface area contributed by atoms with E-state index in [-0.39, 0.29) is 5.54 Å². The van der Waals surface area contributed by atoms with Gasteiger partial charge in [-0.25, -0.2) is 9.97 Å². The Hall–Kier alpha value is -2.18. The molecule has 4 N–H and O–H groups in total. The zero-order valence-corrected chi connectivity index (χ0v) is 18.6. The van der Waals surface area contributed by atoms with Crippen molar-refractivity contribution in [3.8, 4) is 0 Å². The molecule has 2 heterocycles. The van der Waals surface area contributed by atoms with Gasteiger partial charge in [-0.15, -0.1) is 0 Å². The van der Waals surface area contributed by atoms with E-state index in [0.29, 0.717) is 12.4 Å². The summed E-state index contributed by atoms with van der Waals surface area (Å²) in [5.41, 5.74) is 10.4. The highest BCUT2D eigenvalue weighted by molar-refractivity contribution is 6.06. The molecule has 0 spiro atoms. The van der Waals surface area contributed by atoms with Crippen LogP contribution in [0.1, 0.15) is 58.3 Å². The maximum absolute atomic E-state index is 6.16. The molecule has 158 valence electrons. The minimum Gasteiger partial charge on any atom is -0.382 e. The predicted molar refractivity (Wildman–Crippen MR) is 123 cm³/mol. The van der Waals surface area contributed by atoms with Gasteiger partial charge in [0.1, 0.15) is 22.7 Å². The second kappa shape index (κ2) is 9.09. The van der Waals surface area contributed by atoms with Gasteiger partial charge in [0.15, 0.2) is 0 Å². The van der Waals surface area contributed by atoms with E-state index in [4.69, 9.17) is 10.7 Å². The van der Waals surface area contributed by atoms with E-state index in [1.165, 1.54) is 24.8 Å². The van der Waals surface area contributed by atoms with Crippen LogP contribution in [0.25, 0.3) is 21.9 Å². The van der Waals surface area contributed by atoms with Crippen molar-refractivity contribution in [1.82, 2.24) is 25.2 Å². The number of imidazole rings is 1. The first kappa shape index (κ1) is 21.5. The number of anilines is 1. The molecule has 0 saturated heterocycles. The van der Waals surface area contributed by atoms with Gasteiger partial charge in [0.05, 0.1) is 12.1 Å². The molecule has 0 unspecified atom stereocenters. The van der Waals surface area contributed by atoms with Gasteiger partial charge < -0.3 is 20.9 Å². The molecule has 1 aromatic carbocycles. The second-order valence-corrected chi connectivity index (χ2v) is 8.94. The van der Waals surface area contributed by atoms with Gasteiger partial charge in [-0.05, 0) is 77.9 Å². The van der Waals surface area contributed by atoms with Gasteiger partial charge in [-0.3, -0.25) is 0 Å². The van der Waals surface area contributed by atoms with E-state index in [2.05, 4.69) is 73.1 Å². The summed E-state index contributed by atoms with van der Waals surface area (Å²) in [5, 5.41) is 4.38. The average molecular weight is 397 g/mol. The molecular weight excluding hydrogens is 360 g/mol. The number of unbranched alkanes of at least 4 members (excludes halogenated alkanes) is 2. The summed E-state index contributed by atoms with van der Waals surface area (Å²) < 4.78 is 0. The number of H-pyrrole nitrogens is 1. The average Bonchev–Trinajstić information content (AvgIpc) is 3.11. The Balaban J connectivity index is 1.69. The van der Waals surface area contributed by atoms with Crippen LogP contribution >= 0.6 is 0 Å². The number of hydrogen-bond acceptors (Lipinski definition) is 5. The van der Waals surface area contributed by atoms with Crippen molar-refractivity contribution < 1.29 is 0 Å². The highest BCUT2D eigenvalue weighted by Gasteiger charge is 2.16. The molecule has 3 aromatic rings. The van der Waals surface area contributed by atoms with E-state index in [1.54, 1.807) is 0 Å². The fourth-order valence-corrected chi connectivity index (χ4v) is 3.53. The van der Waals surface area contributed by atoms with Crippen LogP contribution in [0.2, 0.25) is 0 Å². The molecule has 6 heteroatoms. The highest BCUT2D eigenvalue weighted by Crippen LogP contribution is 2.27. The highest BCUT2D eigenvalue weighted by atomic mass is 15.1. The maximum Gasteiger partial charge on any atom is 0.150 e. The SMILES string of the molecule is CCNCc1nc2c([nH]1)c(N)nc1ccc(CCCCCN(C)C(C)(C)C)cc12. The largest absolute Gasteiger partial charge is 0.382 e. The van der Waals surface area contributed by atoms with E-state index in [9.17, 15) is 0 Å². The third-order valence-electron chi connectivity index (χ3n) is 5.71. The van der Waals surface area contributed by atoms with Crippen LogP contribution in [0.4, 0.5) is 5.82 Å². The number of aromatic amines is 1. The van der Waals surface area contributed by atoms with Gasteiger partial charge in [0, 0.05) is 10.9 Å². The minimum atomic E-state index is 0.244. The van der Waals surface area contributed by atoms with Gasteiger partial charge in [0.2, 0.25) is 0 Å². The number of pyridine rings is 1. The second-order valence-electron chi connectivity index (χ2n) is 8.94. The first-order chi connectivity index (χ1) is 13.8. The van der Waals surface area contributed by atoms with Crippen LogP contribution in [0, 0.1) is 0 Å². The molecule has 6 nitrogen and oxygen atoms in total. The Labute approximate surface area is 174 Å². The molecule has 2 aromatic heterocycles. The van der Waals surface area contributed by atoms with E-state index in [1.807, 2.05) is 0 Å². The molecular formula is C23H36N6. The first-order valence-corrected chi connectivity index (χ1v) is 10.8. The lowest BCUT2D eigenvalue weighted by molar-refractivity contribution is 0.172. The molecule has 29 heavy (non-hydrogen) atoms. The van der Waals surface area contributed by atoms with Crippen molar-refractivity contribution >= 4 is 27.8 Å². The van der Waals surface area contributed by atoms with Gasteiger partial charge in [-0.1, -0.05) is 19.4 Å². The molecule has 0 aliphatic rings. The summed E-state index contributed by atoms with van der Waals surface area (Å²) in [6.45, 7) is 11.6. The molecule has 0 fully saturated rings. The number of rotatable bonds is 9. The van der Waals surface area contributed by atoms with Crippen molar-refractivity contribution in [2.75, 3.05) is 25.9 Å². The number of benzene rings is 1. The lowest BCUT2D eigenvalue weighted by Gasteiger charge is -2.31. The Morgan fingerprint density at radius 1 is 1.14 bits per heavy atom. The molecule has 0 atom stereocenters. The van der Waals surface area contributed by atoms with Gasteiger partial charge in [-0.2, -0.15) is 0 Å². The molecule has 0 radical (unpaired) electrons. The Morgan fingerprint density at radius 2 is 1.93 bits per heavy atom. The van der Waals surface area contributed by atoms with Crippen LogP contribution in [0.5, 0.6) is 0 Å². The number of fused-ring (bicyclic) bond motifs is 3. The van der Waals surface area contributed by atoms with Crippen LogP contribution in [0.15, 0.2) is 18.2 Å². The van der Waals surface area contributed by atoms with Crippen molar-refractivity contribution in [1.29, 1.82) is 0 Å². The summed E-state index contributed by atoms with van der Waals surface area (Å²) in [5.74, 6) is 1.41. The number of aromatic nitrogens is 3. The van der Waals surface area contributed by atoms with E-state index < -0.39 is 0 Å². The Bertz CT molecular complexity index is 953. The minimum absolute atomic E-state index is 0.244. The predicted octanol–water partition coefficient (Wildman–Crippen LogP) is 4.25. The van der Waals surface area contributed by atoms with Gasteiger partial charge in [0.25, 0.3) is 0 Å². The molecule has 0 aliphatic carbocycles. The molecule has 0 saturated carbocycles. The monoisotopic (exact) mass is 396 g/mol.